The quantitative estimate of drug-likeness (QED) is 0.884. The highest BCUT2D eigenvalue weighted by Gasteiger charge is 2.40. The Hall–Kier alpha value is -2.13. The lowest BCUT2D eigenvalue weighted by Crippen LogP contribution is -2.27. The van der Waals surface area contributed by atoms with Crippen LogP contribution in [0, 0.1) is 20.8 Å². The molecule has 0 spiro atoms. The number of aryl methyl sites for hydroxylation is 1. The summed E-state index contributed by atoms with van der Waals surface area (Å²) in [7, 11) is 0. The number of carbonyl (C=O) groups is 1. The molecule has 2 aromatic carbocycles. The summed E-state index contributed by atoms with van der Waals surface area (Å²) in [5.74, 6) is 0.0521. The first-order chi connectivity index (χ1) is 10.7. The van der Waals surface area contributed by atoms with E-state index >= 15 is 0 Å². The van der Waals surface area contributed by atoms with Gasteiger partial charge in [0.2, 0.25) is 5.91 Å². The number of benzene rings is 2. The second kappa shape index (κ2) is 5.20. The standard InChI is InChI=1S/C20H24N2O/c1-11-7-6-8-14(9-11)17(21)15-10-16-18(13(3)12(15)2)22-19(23)20(16,4)5/h6-10,17H,21H2,1-5H3,(H,22,23). The molecule has 3 N–H and O–H groups in total. The average Bonchev–Trinajstić information content (AvgIpc) is 2.73. The van der Waals surface area contributed by atoms with E-state index in [-0.39, 0.29) is 11.9 Å². The van der Waals surface area contributed by atoms with Gasteiger partial charge >= 0.3 is 0 Å². The fourth-order valence-electron chi connectivity index (χ4n) is 3.35. The number of carbonyl (C=O) groups excluding carboxylic acids is 1. The van der Waals surface area contributed by atoms with Crippen molar-refractivity contribution in [1.82, 2.24) is 0 Å². The monoisotopic (exact) mass is 308 g/mol. The highest BCUT2D eigenvalue weighted by molar-refractivity contribution is 6.06. The van der Waals surface area contributed by atoms with Crippen LogP contribution in [0.1, 0.15) is 53.3 Å². The minimum absolute atomic E-state index is 0.0521. The smallest absolute Gasteiger partial charge is 0.234 e. The van der Waals surface area contributed by atoms with Crippen LogP contribution in [-0.4, -0.2) is 5.91 Å². The Morgan fingerprint density at radius 3 is 2.43 bits per heavy atom. The second-order valence-electron chi connectivity index (χ2n) is 7.11. The first-order valence-electron chi connectivity index (χ1n) is 8.01. The normalized spacial score (nSPS) is 16.9. The Kier molecular flexibility index (Phi) is 3.56. The molecule has 1 aliphatic rings. The van der Waals surface area contributed by atoms with Crippen LogP contribution in [0.15, 0.2) is 30.3 Å². The van der Waals surface area contributed by atoms with Gasteiger partial charge in [0.1, 0.15) is 0 Å². The summed E-state index contributed by atoms with van der Waals surface area (Å²) in [4.78, 5) is 12.3. The summed E-state index contributed by atoms with van der Waals surface area (Å²) in [5, 5.41) is 3.03. The molecule has 3 nitrogen and oxygen atoms in total. The van der Waals surface area contributed by atoms with Gasteiger partial charge in [0, 0.05) is 5.69 Å². The molecule has 0 saturated carbocycles. The fraction of sp³-hybridized carbons (Fsp3) is 0.350. The number of rotatable bonds is 2. The molecule has 3 heteroatoms. The van der Waals surface area contributed by atoms with Crippen LogP contribution in [0.25, 0.3) is 0 Å². The summed E-state index contributed by atoms with van der Waals surface area (Å²) >= 11 is 0. The molecule has 1 atom stereocenters. The van der Waals surface area contributed by atoms with Crippen molar-refractivity contribution in [3.8, 4) is 0 Å². The van der Waals surface area contributed by atoms with Crippen molar-refractivity contribution in [2.24, 2.45) is 5.73 Å². The molecule has 0 fully saturated rings. The predicted octanol–water partition coefficient (Wildman–Crippen LogP) is 3.89. The lowest BCUT2D eigenvalue weighted by molar-refractivity contribution is -0.119. The zero-order chi connectivity index (χ0) is 16.9. The van der Waals surface area contributed by atoms with E-state index < -0.39 is 5.41 Å². The molecule has 1 aliphatic heterocycles. The van der Waals surface area contributed by atoms with Gasteiger partial charge in [0.25, 0.3) is 0 Å². The summed E-state index contributed by atoms with van der Waals surface area (Å²) in [6, 6.07) is 10.2. The lowest BCUT2D eigenvalue weighted by atomic mass is 9.81. The molecule has 0 aliphatic carbocycles. The van der Waals surface area contributed by atoms with E-state index in [1.807, 2.05) is 19.9 Å². The van der Waals surface area contributed by atoms with Gasteiger partial charge in [-0.3, -0.25) is 4.79 Å². The molecule has 3 rings (SSSR count). The van der Waals surface area contributed by atoms with Crippen LogP contribution in [-0.2, 0) is 10.2 Å². The molecule has 1 heterocycles. The van der Waals surface area contributed by atoms with E-state index in [1.54, 1.807) is 0 Å². The van der Waals surface area contributed by atoms with Crippen molar-refractivity contribution in [3.05, 3.63) is 63.7 Å². The molecule has 0 saturated heterocycles. The molecular weight excluding hydrogens is 284 g/mol. The molecule has 23 heavy (non-hydrogen) atoms. The van der Waals surface area contributed by atoms with E-state index in [0.717, 1.165) is 33.5 Å². The molecule has 0 aromatic heterocycles. The van der Waals surface area contributed by atoms with Crippen LogP contribution in [0.3, 0.4) is 0 Å². The van der Waals surface area contributed by atoms with Crippen molar-refractivity contribution in [3.63, 3.8) is 0 Å². The van der Waals surface area contributed by atoms with Crippen molar-refractivity contribution in [2.75, 3.05) is 5.32 Å². The third-order valence-electron chi connectivity index (χ3n) is 5.16. The third kappa shape index (κ3) is 2.36. The Morgan fingerprint density at radius 1 is 1.09 bits per heavy atom. The van der Waals surface area contributed by atoms with E-state index in [0.29, 0.717) is 0 Å². The fourth-order valence-corrected chi connectivity index (χ4v) is 3.35. The summed E-state index contributed by atoms with van der Waals surface area (Å²) < 4.78 is 0. The maximum Gasteiger partial charge on any atom is 0.234 e. The Morgan fingerprint density at radius 2 is 1.78 bits per heavy atom. The van der Waals surface area contributed by atoms with E-state index in [2.05, 4.69) is 50.4 Å². The van der Waals surface area contributed by atoms with Crippen LogP contribution >= 0.6 is 0 Å². The largest absolute Gasteiger partial charge is 0.325 e. The number of hydrogen-bond donors (Lipinski definition) is 2. The van der Waals surface area contributed by atoms with Crippen molar-refractivity contribution >= 4 is 11.6 Å². The van der Waals surface area contributed by atoms with Crippen LogP contribution in [0.2, 0.25) is 0 Å². The van der Waals surface area contributed by atoms with Gasteiger partial charge in [-0.2, -0.15) is 0 Å². The Bertz CT molecular complexity index is 806. The minimum Gasteiger partial charge on any atom is -0.325 e. The number of nitrogens with two attached hydrogens (primary N) is 1. The topological polar surface area (TPSA) is 55.1 Å². The van der Waals surface area contributed by atoms with Gasteiger partial charge in [-0.15, -0.1) is 0 Å². The van der Waals surface area contributed by atoms with E-state index in [9.17, 15) is 4.79 Å². The zero-order valence-corrected chi connectivity index (χ0v) is 14.4. The van der Waals surface area contributed by atoms with Crippen molar-refractivity contribution in [2.45, 2.75) is 46.1 Å². The highest BCUT2D eigenvalue weighted by Crippen LogP contribution is 2.43. The van der Waals surface area contributed by atoms with Crippen LogP contribution in [0.4, 0.5) is 5.69 Å². The number of fused-ring (bicyclic) bond motifs is 1. The summed E-state index contributed by atoms with van der Waals surface area (Å²) in [6.45, 7) is 10.1. The predicted molar refractivity (Wildman–Crippen MR) is 94.8 cm³/mol. The van der Waals surface area contributed by atoms with Gasteiger partial charge in [0.15, 0.2) is 0 Å². The maximum absolute atomic E-state index is 12.3. The number of nitrogens with one attached hydrogen (secondary N) is 1. The van der Waals surface area contributed by atoms with Gasteiger partial charge in [-0.1, -0.05) is 35.9 Å². The maximum atomic E-state index is 12.3. The van der Waals surface area contributed by atoms with Crippen molar-refractivity contribution in [1.29, 1.82) is 0 Å². The van der Waals surface area contributed by atoms with Gasteiger partial charge in [0.05, 0.1) is 11.5 Å². The Labute approximate surface area is 137 Å². The number of hydrogen-bond acceptors (Lipinski definition) is 2. The molecular formula is C20H24N2O. The molecule has 0 bridgehead atoms. The molecule has 1 unspecified atom stereocenters. The Balaban J connectivity index is 2.17. The number of anilines is 1. The summed E-state index contributed by atoms with van der Waals surface area (Å²) in [6.07, 6.45) is 0. The second-order valence-corrected chi connectivity index (χ2v) is 7.11. The van der Waals surface area contributed by atoms with Gasteiger partial charge in [-0.05, 0) is 62.4 Å². The molecule has 2 aromatic rings. The average molecular weight is 308 g/mol. The van der Waals surface area contributed by atoms with E-state index in [1.165, 1.54) is 5.56 Å². The first-order valence-corrected chi connectivity index (χ1v) is 8.01. The molecule has 0 radical (unpaired) electrons. The molecule has 120 valence electrons. The summed E-state index contributed by atoms with van der Waals surface area (Å²) in [5.41, 5.74) is 13.7. The van der Waals surface area contributed by atoms with Gasteiger partial charge in [-0.25, -0.2) is 0 Å². The minimum atomic E-state index is -0.519. The molecule has 1 amide bonds. The first kappa shape index (κ1) is 15.8. The number of amides is 1. The van der Waals surface area contributed by atoms with Crippen molar-refractivity contribution < 1.29 is 4.79 Å². The zero-order valence-electron chi connectivity index (χ0n) is 14.4. The van der Waals surface area contributed by atoms with E-state index in [4.69, 9.17) is 5.73 Å². The SMILES string of the molecule is Cc1cccc(C(N)c2cc3c(c(C)c2C)NC(=O)C3(C)C)c1. The van der Waals surface area contributed by atoms with Crippen LogP contribution < -0.4 is 11.1 Å². The lowest BCUT2D eigenvalue weighted by Gasteiger charge is -2.22. The van der Waals surface area contributed by atoms with Crippen LogP contribution in [0.5, 0.6) is 0 Å². The highest BCUT2D eigenvalue weighted by atomic mass is 16.2. The third-order valence-corrected chi connectivity index (χ3v) is 5.16. The van der Waals surface area contributed by atoms with Gasteiger partial charge < -0.3 is 11.1 Å².